The lowest BCUT2D eigenvalue weighted by molar-refractivity contribution is 0.444. The van der Waals surface area contributed by atoms with Gasteiger partial charge in [-0.15, -0.1) is 11.6 Å². The summed E-state index contributed by atoms with van der Waals surface area (Å²) in [7, 11) is 0. The topological polar surface area (TPSA) is 24.9 Å². The molecule has 0 saturated heterocycles. The van der Waals surface area contributed by atoms with Gasteiger partial charge in [0.1, 0.15) is 0 Å². The lowest BCUT2D eigenvalue weighted by Gasteiger charge is -2.18. The van der Waals surface area contributed by atoms with Crippen molar-refractivity contribution in [3.8, 4) is 0 Å². The number of rotatable bonds is 4. The predicted molar refractivity (Wildman–Crippen MR) is 64.3 cm³/mol. The van der Waals surface area contributed by atoms with Gasteiger partial charge in [-0.3, -0.25) is 4.98 Å². The molecule has 1 heterocycles. The molecule has 1 aromatic rings. The zero-order chi connectivity index (χ0) is 10.5. The largest absolute Gasteiger partial charge is 0.385 e. The van der Waals surface area contributed by atoms with E-state index in [1.807, 2.05) is 24.5 Å². The molecule has 1 aromatic heterocycles. The summed E-state index contributed by atoms with van der Waals surface area (Å²) in [6.45, 7) is 1.04. The smallest absolute Gasteiger partial charge is 0.0371 e. The molecule has 82 valence electrons. The van der Waals surface area contributed by atoms with Crippen molar-refractivity contribution < 1.29 is 0 Å². The fourth-order valence-corrected chi connectivity index (χ4v) is 2.71. The number of hydrogen-bond acceptors (Lipinski definition) is 2. The first-order valence-corrected chi connectivity index (χ1v) is 6.13. The molecule has 1 N–H and O–H groups in total. The summed E-state index contributed by atoms with van der Waals surface area (Å²) in [5.41, 5.74) is 1.16. The van der Waals surface area contributed by atoms with E-state index in [1.54, 1.807) is 0 Å². The molecule has 2 unspecified atom stereocenters. The maximum Gasteiger partial charge on any atom is 0.0371 e. The van der Waals surface area contributed by atoms with E-state index >= 15 is 0 Å². The van der Waals surface area contributed by atoms with Crippen LogP contribution in [0.5, 0.6) is 0 Å². The van der Waals surface area contributed by atoms with Crippen molar-refractivity contribution >= 4 is 17.3 Å². The van der Waals surface area contributed by atoms with Crippen LogP contribution in [0.2, 0.25) is 0 Å². The van der Waals surface area contributed by atoms with Gasteiger partial charge < -0.3 is 5.32 Å². The van der Waals surface area contributed by atoms with Crippen molar-refractivity contribution in [3.63, 3.8) is 0 Å². The summed E-state index contributed by atoms with van der Waals surface area (Å²) >= 11 is 5.95. The fraction of sp³-hybridized carbons (Fsp3) is 0.583. The average Bonchev–Trinajstić information content (AvgIpc) is 2.75. The molecule has 2 nitrogen and oxygen atoms in total. The van der Waals surface area contributed by atoms with E-state index < -0.39 is 0 Å². The minimum absolute atomic E-state index is 0.709. The molecule has 0 amide bonds. The molecule has 1 fully saturated rings. The van der Waals surface area contributed by atoms with Crippen molar-refractivity contribution in [1.82, 2.24) is 4.98 Å². The minimum atomic E-state index is 0.709. The standard InChI is InChI=1S/C12H17ClN2/c13-8-10-2-1-3-11(10)9-15-12-4-6-14-7-5-12/h4-7,10-11H,1-3,8-9H2,(H,14,15). The van der Waals surface area contributed by atoms with Gasteiger partial charge in [-0.2, -0.15) is 0 Å². The van der Waals surface area contributed by atoms with Crippen LogP contribution >= 0.6 is 11.6 Å². The molecular formula is C12H17ClN2. The number of hydrogen-bond donors (Lipinski definition) is 1. The van der Waals surface area contributed by atoms with E-state index in [2.05, 4.69) is 10.3 Å². The SMILES string of the molecule is ClCC1CCCC1CNc1ccncc1. The van der Waals surface area contributed by atoms with E-state index in [9.17, 15) is 0 Å². The lowest BCUT2D eigenvalue weighted by Crippen LogP contribution is -2.19. The van der Waals surface area contributed by atoms with Crippen molar-refractivity contribution in [2.45, 2.75) is 19.3 Å². The summed E-state index contributed by atoms with van der Waals surface area (Å²) in [6.07, 6.45) is 7.58. The molecule has 0 spiro atoms. The Balaban J connectivity index is 1.83. The second-order valence-electron chi connectivity index (χ2n) is 4.22. The van der Waals surface area contributed by atoms with Crippen molar-refractivity contribution in [3.05, 3.63) is 24.5 Å². The third kappa shape index (κ3) is 2.85. The Morgan fingerprint density at radius 2 is 2.00 bits per heavy atom. The maximum atomic E-state index is 5.95. The van der Waals surface area contributed by atoms with Gasteiger partial charge in [0, 0.05) is 30.5 Å². The van der Waals surface area contributed by atoms with Crippen LogP contribution in [0.25, 0.3) is 0 Å². The van der Waals surface area contributed by atoms with Gasteiger partial charge >= 0.3 is 0 Å². The zero-order valence-electron chi connectivity index (χ0n) is 8.82. The van der Waals surface area contributed by atoms with Crippen LogP contribution in [0.15, 0.2) is 24.5 Å². The molecule has 0 aromatic carbocycles. The molecule has 0 radical (unpaired) electrons. The van der Waals surface area contributed by atoms with Crippen LogP contribution < -0.4 is 5.32 Å². The molecule has 2 atom stereocenters. The monoisotopic (exact) mass is 224 g/mol. The second-order valence-corrected chi connectivity index (χ2v) is 4.53. The summed E-state index contributed by atoms with van der Waals surface area (Å²) in [5, 5.41) is 3.45. The van der Waals surface area contributed by atoms with E-state index in [-0.39, 0.29) is 0 Å². The van der Waals surface area contributed by atoms with Gasteiger partial charge in [0.05, 0.1) is 0 Å². The first kappa shape index (κ1) is 10.7. The Hall–Kier alpha value is -0.760. The quantitative estimate of drug-likeness (QED) is 0.795. The molecule has 1 saturated carbocycles. The normalized spacial score (nSPS) is 25.4. The highest BCUT2D eigenvalue weighted by molar-refractivity contribution is 6.18. The van der Waals surface area contributed by atoms with Crippen LogP contribution in [-0.4, -0.2) is 17.4 Å². The third-order valence-electron chi connectivity index (χ3n) is 3.26. The van der Waals surface area contributed by atoms with Crippen molar-refractivity contribution in [2.24, 2.45) is 11.8 Å². The van der Waals surface area contributed by atoms with Crippen LogP contribution in [-0.2, 0) is 0 Å². The molecule has 15 heavy (non-hydrogen) atoms. The van der Waals surface area contributed by atoms with Gasteiger partial charge in [0.2, 0.25) is 0 Å². The average molecular weight is 225 g/mol. The van der Waals surface area contributed by atoms with E-state index in [0.29, 0.717) is 5.92 Å². The first-order chi connectivity index (χ1) is 7.40. The molecular weight excluding hydrogens is 208 g/mol. The minimum Gasteiger partial charge on any atom is -0.385 e. The predicted octanol–water partition coefficient (Wildman–Crippen LogP) is 3.15. The Kier molecular flexibility index (Phi) is 3.84. The van der Waals surface area contributed by atoms with Crippen LogP contribution in [0.1, 0.15) is 19.3 Å². The number of halogens is 1. The molecule has 0 aliphatic heterocycles. The fourth-order valence-electron chi connectivity index (χ4n) is 2.30. The van der Waals surface area contributed by atoms with Gasteiger partial charge in [-0.25, -0.2) is 0 Å². The highest BCUT2D eigenvalue weighted by Crippen LogP contribution is 2.32. The number of nitrogens with one attached hydrogen (secondary N) is 1. The van der Waals surface area contributed by atoms with Crippen LogP contribution in [0, 0.1) is 11.8 Å². The van der Waals surface area contributed by atoms with E-state index in [1.165, 1.54) is 19.3 Å². The van der Waals surface area contributed by atoms with E-state index in [0.717, 1.165) is 24.0 Å². The number of nitrogens with zero attached hydrogens (tertiary/aromatic N) is 1. The molecule has 0 bridgehead atoms. The highest BCUT2D eigenvalue weighted by Gasteiger charge is 2.25. The Bertz CT molecular complexity index is 289. The van der Waals surface area contributed by atoms with Crippen LogP contribution in [0.4, 0.5) is 5.69 Å². The second kappa shape index (κ2) is 5.36. The van der Waals surface area contributed by atoms with Gasteiger partial charge in [0.15, 0.2) is 0 Å². The lowest BCUT2D eigenvalue weighted by atomic mass is 9.98. The molecule has 1 aliphatic carbocycles. The van der Waals surface area contributed by atoms with E-state index in [4.69, 9.17) is 11.6 Å². The highest BCUT2D eigenvalue weighted by atomic mass is 35.5. The van der Waals surface area contributed by atoms with Gasteiger partial charge in [-0.1, -0.05) is 6.42 Å². The zero-order valence-corrected chi connectivity index (χ0v) is 9.58. The first-order valence-electron chi connectivity index (χ1n) is 5.60. The third-order valence-corrected chi connectivity index (χ3v) is 3.66. The Morgan fingerprint density at radius 1 is 1.27 bits per heavy atom. The molecule has 3 heteroatoms. The summed E-state index contributed by atoms with van der Waals surface area (Å²) in [4.78, 5) is 4.00. The summed E-state index contributed by atoms with van der Waals surface area (Å²) < 4.78 is 0. The number of pyridine rings is 1. The number of aromatic nitrogens is 1. The molecule has 2 rings (SSSR count). The number of anilines is 1. The van der Waals surface area contributed by atoms with Crippen molar-refractivity contribution in [1.29, 1.82) is 0 Å². The molecule has 1 aliphatic rings. The summed E-state index contributed by atoms with van der Waals surface area (Å²) in [5.74, 6) is 2.26. The van der Waals surface area contributed by atoms with Crippen LogP contribution in [0.3, 0.4) is 0 Å². The number of alkyl halides is 1. The maximum absolute atomic E-state index is 5.95. The van der Waals surface area contributed by atoms with Gasteiger partial charge in [-0.05, 0) is 36.8 Å². The summed E-state index contributed by atoms with van der Waals surface area (Å²) in [6, 6.07) is 4.01. The Labute approximate surface area is 96.1 Å². The van der Waals surface area contributed by atoms with Crippen molar-refractivity contribution in [2.75, 3.05) is 17.7 Å². The Morgan fingerprint density at radius 3 is 2.73 bits per heavy atom. The van der Waals surface area contributed by atoms with Gasteiger partial charge in [0.25, 0.3) is 0 Å².